The molecule has 2 heterocycles. The summed E-state index contributed by atoms with van der Waals surface area (Å²) in [6, 6.07) is 7.24. The Labute approximate surface area is 117 Å². The van der Waals surface area contributed by atoms with E-state index in [0.717, 1.165) is 43.3 Å². The van der Waals surface area contributed by atoms with Gasteiger partial charge in [-0.15, -0.1) is 0 Å². The van der Waals surface area contributed by atoms with Crippen LogP contribution >= 0.6 is 0 Å². The lowest BCUT2D eigenvalue weighted by atomic mass is 10.1. The molecule has 104 valence electrons. The first-order valence-electron chi connectivity index (χ1n) is 6.99. The summed E-state index contributed by atoms with van der Waals surface area (Å²) in [6.45, 7) is 3.41. The summed E-state index contributed by atoms with van der Waals surface area (Å²) in [5, 5.41) is 1.28. The maximum Gasteiger partial charge on any atom is 0.344 e. The smallest absolute Gasteiger partial charge is 0.344 e. The van der Waals surface area contributed by atoms with Crippen molar-refractivity contribution in [3.05, 3.63) is 46.0 Å². The van der Waals surface area contributed by atoms with Crippen LogP contribution in [0.15, 0.2) is 33.5 Å². The molecule has 2 aromatic rings. The second-order valence-corrected chi connectivity index (χ2v) is 5.34. The van der Waals surface area contributed by atoms with Crippen LogP contribution in [0.1, 0.15) is 35.4 Å². The fourth-order valence-electron chi connectivity index (χ4n) is 2.66. The van der Waals surface area contributed by atoms with E-state index in [2.05, 4.69) is 0 Å². The summed E-state index contributed by atoms with van der Waals surface area (Å²) >= 11 is 0. The van der Waals surface area contributed by atoms with Gasteiger partial charge in [-0.2, -0.15) is 0 Å². The van der Waals surface area contributed by atoms with Crippen molar-refractivity contribution in [1.82, 2.24) is 4.90 Å². The average Bonchev–Trinajstić information content (AvgIpc) is 2.48. The summed E-state index contributed by atoms with van der Waals surface area (Å²) in [5.41, 5.74) is 0.562. The maximum atomic E-state index is 12.4. The number of carbonyl (C=O) groups is 1. The summed E-state index contributed by atoms with van der Waals surface area (Å²) in [6.07, 6.45) is 3.19. The predicted octanol–water partition coefficient (Wildman–Crippen LogP) is 2.73. The van der Waals surface area contributed by atoms with Crippen LogP contribution in [0.4, 0.5) is 0 Å². The van der Waals surface area contributed by atoms with Gasteiger partial charge in [0.15, 0.2) is 5.76 Å². The Morgan fingerprint density at radius 1 is 1.15 bits per heavy atom. The van der Waals surface area contributed by atoms with E-state index in [9.17, 15) is 9.59 Å². The molecule has 1 fully saturated rings. The van der Waals surface area contributed by atoms with E-state index in [-0.39, 0.29) is 11.7 Å². The van der Waals surface area contributed by atoms with Crippen molar-refractivity contribution < 1.29 is 9.21 Å². The third-order valence-corrected chi connectivity index (χ3v) is 3.77. The minimum atomic E-state index is -0.438. The van der Waals surface area contributed by atoms with E-state index in [1.54, 1.807) is 17.0 Å². The lowest BCUT2D eigenvalue weighted by Gasteiger charge is -2.25. The zero-order chi connectivity index (χ0) is 14.1. The number of rotatable bonds is 1. The molecule has 0 spiro atoms. The molecular weight excluding hydrogens is 254 g/mol. The van der Waals surface area contributed by atoms with Gasteiger partial charge in [0.1, 0.15) is 0 Å². The van der Waals surface area contributed by atoms with Crippen molar-refractivity contribution in [2.45, 2.75) is 26.2 Å². The second kappa shape index (κ2) is 5.12. The highest BCUT2D eigenvalue weighted by Crippen LogP contribution is 2.17. The first-order valence-corrected chi connectivity index (χ1v) is 6.99. The molecule has 0 N–H and O–H groups in total. The lowest BCUT2D eigenvalue weighted by molar-refractivity contribution is 0.0688. The van der Waals surface area contributed by atoms with Gasteiger partial charge in [0.05, 0.1) is 5.39 Å². The van der Waals surface area contributed by atoms with Gasteiger partial charge >= 0.3 is 5.63 Å². The topological polar surface area (TPSA) is 50.5 Å². The third kappa shape index (κ3) is 2.33. The van der Waals surface area contributed by atoms with Gasteiger partial charge in [0.25, 0.3) is 5.91 Å². The molecule has 0 bridgehead atoms. The Morgan fingerprint density at radius 2 is 1.90 bits per heavy atom. The van der Waals surface area contributed by atoms with Gasteiger partial charge in [-0.05, 0) is 43.7 Å². The van der Waals surface area contributed by atoms with Crippen molar-refractivity contribution in [1.29, 1.82) is 0 Å². The van der Waals surface area contributed by atoms with E-state index >= 15 is 0 Å². The maximum absolute atomic E-state index is 12.4. The molecule has 1 amide bonds. The van der Waals surface area contributed by atoms with Crippen LogP contribution in [0.2, 0.25) is 0 Å². The Morgan fingerprint density at radius 3 is 2.65 bits per heavy atom. The molecular formula is C16H17NO3. The van der Waals surface area contributed by atoms with Crippen molar-refractivity contribution in [2.75, 3.05) is 13.1 Å². The second-order valence-electron chi connectivity index (χ2n) is 5.34. The van der Waals surface area contributed by atoms with E-state index in [1.807, 2.05) is 19.1 Å². The van der Waals surface area contributed by atoms with Crippen molar-refractivity contribution >= 4 is 16.7 Å². The van der Waals surface area contributed by atoms with E-state index in [1.165, 1.54) is 0 Å². The number of hydrogen-bond donors (Lipinski definition) is 0. The van der Waals surface area contributed by atoms with Gasteiger partial charge in [-0.1, -0.05) is 17.7 Å². The van der Waals surface area contributed by atoms with Gasteiger partial charge in [0.2, 0.25) is 0 Å². The number of carbonyl (C=O) groups excluding carboxylic acids is 1. The number of benzene rings is 1. The van der Waals surface area contributed by atoms with Crippen molar-refractivity contribution in [3.8, 4) is 0 Å². The highest BCUT2D eigenvalue weighted by Gasteiger charge is 2.21. The number of piperidine rings is 1. The Balaban J connectivity index is 2.02. The summed E-state index contributed by atoms with van der Waals surface area (Å²) in [5.74, 6) is -0.0301. The number of hydrogen-bond acceptors (Lipinski definition) is 3. The van der Waals surface area contributed by atoms with Gasteiger partial charge < -0.3 is 9.32 Å². The molecule has 4 nitrogen and oxygen atoms in total. The first-order chi connectivity index (χ1) is 9.65. The monoisotopic (exact) mass is 271 g/mol. The number of nitrogens with zero attached hydrogens (tertiary/aromatic N) is 1. The fourth-order valence-corrected chi connectivity index (χ4v) is 2.66. The molecule has 0 unspecified atom stereocenters. The lowest BCUT2D eigenvalue weighted by Crippen LogP contribution is -2.35. The minimum absolute atomic E-state index is 0.147. The number of fused-ring (bicyclic) bond motifs is 1. The van der Waals surface area contributed by atoms with E-state index in [4.69, 9.17) is 4.42 Å². The van der Waals surface area contributed by atoms with Gasteiger partial charge in [0, 0.05) is 13.1 Å². The molecule has 1 aromatic heterocycles. The minimum Gasteiger partial charge on any atom is -0.417 e. The van der Waals surface area contributed by atoms with Crippen LogP contribution in [0.25, 0.3) is 10.8 Å². The SMILES string of the molecule is Cc1ccc2cc(C(=O)N3CCCCC3)oc(=O)c2c1. The quantitative estimate of drug-likeness (QED) is 0.801. The Kier molecular flexibility index (Phi) is 3.30. The Hall–Kier alpha value is -2.10. The summed E-state index contributed by atoms with van der Waals surface area (Å²) in [7, 11) is 0. The standard InChI is InChI=1S/C16H17NO3/c1-11-5-6-12-10-14(20-16(19)13(12)9-11)15(18)17-7-3-2-4-8-17/h5-6,9-10H,2-4,7-8H2,1H3. The van der Waals surface area contributed by atoms with Crippen molar-refractivity contribution in [2.24, 2.45) is 0 Å². The highest BCUT2D eigenvalue weighted by molar-refractivity contribution is 5.95. The Bertz CT molecular complexity index is 711. The normalized spacial score (nSPS) is 15.6. The number of aryl methyl sites for hydroxylation is 1. The molecule has 0 radical (unpaired) electrons. The number of likely N-dealkylation sites (tertiary alicyclic amines) is 1. The summed E-state index contributed by atoms with van der Waals surface area (Å²) in [4.78, 5) is 26.1. The van der Waals surface area contributed by atoms with E-state index < -0.39 is 5.63 Å². The van der Waals surface area contributed by atoms with Crippen LogP contribution in [0.3, 0.4) is 0 Å². The van der Waals surface area contributed by atoms with Crippen LogP contribution in [0.5, 0.6) is 0 Å². The molecule has 20 heavy (non-hydrogen) atoms. The molecule has 3 rings (SSSR count). The van der Waals surface area contributed by atoms with E-state index in [0.29, 0.717) is 5.39 Å². The molecule has 0 saturated carbocycles. The van der Waals surface area contributed by atoms with Crippen LogP contribution in [0, 0.1) is 6.92 Å². The molecule has 1 saturated heterocycles. The largest absolute Gasteiger partial charge is 0.417 e. The first kappa shape index (κ1) is 12.9. The van der Waals surface area contributed by atoms with Gasteiger partial charge in [-0.25, -0.2) is 4.79 Å². The van der Waals surface area contributed by atoms with Crippen LogP contribution in [-0.2, 0) is 0 Å². The third-order valence-electron chi connectivity index (χ3n) is 3.77. The summed E-state index contributed by atoms with van der Waals surface area (Å²) < 4.78 is 5.21. The highest BCUT2D eigenvalue weighted by atomic mass is 16.4. The molecule has 1 aliphatic rings. The van der Waals surface area contributed by atoms with Crippen LogP contribution < -0.4 is 5.63 Å². The van der Waals surface area contributed by atoms with Crippen LogP contribution in [-0.4, -0.2) is 23.9 Å². The van der Waals surface area contributed by atoms with Crippen molar-refractivity contribution in [3.63, 3.8) is 0 Å². The molecule has 0 aliphatic carbocycles. The number of amides is 1. The zero-order valence-corrected chi connectivity index (χ0v) is 11.5. The molecule has 0 atom stereocenters. The molecule has 4 heteroatoms. The molecule has 1 aromatic carbocycles. The predicted molar refractivity (Wildman–Crippen MR) is 77.0 cm³/mol. The fraction of sp³-hybridized carbons (Fsp3) is 0.375. The zero-order valence-electron chi connectivity index (χ0n) is 11.5. The average molecular weight is 271 g/mol. The van der Waals surface area contributed by atoms with Gasteiger partial charge in [-0.3, -0.25) is 4.79 Å². The molecule has 1 aliphatic heterocycles.